The van der Waals surface area contributed by atoms with Crippen molar-refractivity contribution >= 4 is 23.3 Å². The summed E-state index contributed by atoms with van der Waals surface area (Å²) in [4.78, 5) is 35.2. The van der Waals surface area contributed by atoms with Gasteiger partial charge in [-0.05, 0) is 49.7 Å². The van der Waals surface area contributed by atoms with Gasteiger partial charge in [0.1, 0.15) is 0 Å². The van der Waals surface area contributed by atoms with Crippen LogP contribution in [0.25, 0.3) is 0 Å². The number of nitrogens with two attached hydrogens (primary N) is 1. The Labute approximate surface area is 140 Å². The molecule has 0 saturated carbocycles. The Morgan fingerprint density at radius 3 is 2.25 bits per heavy atom. The fourth-order valence-corrected chi connectivity index (χ4v) is 2.34. The molecule has 2 aromatic rings. The number of hydrogen-bond acceptors (Lipinski definition) is 3. The molecule has 0 aliphatic rings. The van der Waals surface area contributed by atoms with Crippen LogP contribution in [0.3, 0.4) is 0 Å². The summed E-state index contributed by atoms with van der Waals surface area (Å²) in [6.45, 7) is 3.81. The number of carbonyl (C=O) groups is 3. The maximum absolute atomic E-state index is 12.3. The van der Waals surface area contributed by atoms with Crippen LogP contribution in [0.4, 0.5) is 5.69 Å². The lowest BCUT2D eigenvalue weighted by Gasteiger charge is -2.07. The molecule has 24 heavy (non-hydrogen) atoms. The zero-order chi connectivity index (χ0) is 17.7. The van der Waals surface area contributed by atoms with Crippen LogP contribution < -0.4 is 11.1 Å². The van der Waals surface area contributed by atoms with E-state index in [1.165, 1.54) is 0 Å². The van der Waals surface area contributed by atoms with Crippen molar-refractivity contribution in [1.82, 2.24) is 0 Å². The van der Waals surface area contributed by atoms with Gasteiger partial charge in [0.15, 0.2) is 5.78 Å². The largest absolute Gasteiger partial charge is 0.366 e. The van der Waals surface area contributed by atoms with E-state index in [-0.39, 0.29) is 24.5 Å². The molecule has 0 bridgehead atoms. The zero-order valence-electron chi connectivity index (χ0n) is 13.8. The number of ketones is 1. The van der Waals surface area contributed by atoms with Crippen LogP contribution in [0.15, 0.2) is 42.5 Å². The predicted molar refractivity (Wildman–Crippen MR) is 93.1 cm³/mol. The first-order valence-corrected chi connectivity index (χ1v) is 7.67. The van der Waals surface area contributed by atoms with Gasteiger partial charge in [-0.15, -0.1) is 0 Å². The molecule has 0 aliphatic carbocycles. The second kappa shape index (κ2) is 7.55. The summed E-state index contributed by atoms with van der Waals surface area (Å²) in [6, 6.07) is 12.0. The van der Waals surface area contributed by atoms with E-state index >= 15 is 0 Å². The first kappa shape index (κ1) is 17.4. The van der Waals surface area contributed by atoms with E-state index in [1.807, 2.05) is 32.0 Å². The molecule has 0 unspecified atom stereocenters. The number of rotatable bonds is 6. The number of aryl methyl sites for hydroxylation is 2. The van der Waals surface area contributed by atoms with Gasteiger partial charge in [-0.25, -0.2) is 0 Å². The number of amides is 2. The molecule has 2 aromatic carbocycles. The Morgan fingerprint density at radius 1 is 0.958 bits per heavy atom. The van der Waals surface area contributed by atoms with Crippen LogP contribution in [0.2, 0.25) is 0 Å². The fourth-order valence-electron chi connectivity index (χ4n) is 2.34. The molecule has 0 fully saturated rings. The van der Waals surface area contributed by atoms with Crippen LogP contribution in [0.1, 0.15) is 44.7 Å². The lowest BCUT2D eigenvalue weighted by Crippen LogP contribution is -2.14. The molecule has 0 radical (unpaired) electrons. The van der Waals surface area contributed by atoms with E-state index in [4.69, 9.17) is 5.73 Å². The summed E-state index contributed by atoms with van der Waals surface area (Å²) in [5.74, 6) is -0.817. The summed E-state index contributed by atoms with van der Waals surface area (Å²) in [6.07, 6.45) is 0.249. The first-order valence-electron chi connectivity index (χ1n) is 7.67. The molecule has 0 saturated heterocycles. The summed E-state index contributed by atoms with van der Waals surface area (Å²) < 4.78 is 0. The Hall–Kier alpha value is -2.95. The molecule has 5 nitrogen and oxygen atoms in total. The number of benzene rings is 2. The third kappa shape index (κ3) is 4.52. The molecule has 0 atom stereocenters. The molecule has 0 heterocycles. The van der Waals surface area contributed by atoms with Crippen LogP contribution >= 0.6 is 0 Å². The van der Waals surface area contributed by atoms with Gasteiger partial charge < -0.3 is 11.1 Å². The number of Topliss-reactive ketones (excluding diaryl/α,β-unsaturated/α-hetero) is 1. The molecule has 2 amide bonds. The van der Waals surface area contributed by atoms with Gasteiger partial charge in [0, 0.05) is 29.7 Å². The van der Waals surface area contributed by atoms with E-state index in [0.29, 0.717) is 16.8 Å². The average Bonchev–Trinajstić information content (AvgIpc) is 2.55. The normalized spacial score (nSPS) is 10.2. The zero-order valence-corrected chi connectivity index (χ0v) is 13.8. The Morgan fingerprint density at radius 2 is 1.62 bits per heavy atom. The highest BCUT2D eigenvalue weighted by Gasteiger charge is 2.12. The maximum Gasteiger partial charge on any atom is 0.248 e. The smallest absolute Gasteiger partial charge is 0.248 e. The van der Waals surface area contributed by atoms with Crippen molar-refractivity contribution in [2.75, 3.05) is 5.32 Å². The van der Waals surface area contributed by atoms with Crippen molar-refractivity contribution < 1.29 is 14.4 Å². The van der Waals surface area contributed by atoms with E-state index in [9.17, 15) is 14.4 Å². The standard InChI is InChI=1S/C19H20N2O3/c1-12-3-4-13(2)16(11-12)17(22)9-10-18(23)21-15-7-5-14(6-8-15)19(20)24/h3-8,11H,9-10H2,1-2H3,(H2,20,24)(H,21,23). The molecular formula is C19H20N2O3. The van der Waals surface area contributed by atoms with Gasteiger partial charge in [-0.2, -0.15) is 0 Å². The van der Waals surface area contributed by atoms with Crippen molar-refractivity contribution in [2.24, 2.45) is 5.73 Å². The highest BCUT2D eigenvalue weighted by molar-refractivity contribution is 6.01. The molecule has 124 valence electrons. The topological polar surface area (TPSA) is 89.3 Å². The Kier molecular flexibility index (Phi) is 5.47. The minimum Gasteiger partial charge on any atom is -0.366 e. The number of carbonyl (C=O) groups excluding carboxylic acids is 3. The molecule has 0 aromatic heterocycles. The fraction of sp³-hybridized carbons (Fsp3) is 0.211. The summed E-state index contributed by atoms with van der Waals surface area (Å²) in [5, 5.41) is 2.70. The monoisotopic (exact) mass is 324 g/mol. The Bertz CT molecular complexity index is 780. The van der Waals surface area contributed by atoms with Crippen LogP contribution in [0.5, 0.6) is 0 Å². The lowest BCUT2D eigenvalue weighted by atomic mass is 9.99. The predicted octanol–water partition coefficient (Wildman–Crippen LogP) is 3.00. The van der Waals surface area contributed by atoms with Gasteiger partial charge in [0.2, 0.25) is 11.8 Å². The number of nitrogens with one attached hydrogen (secondary N) is 1. The SMILES string of the molecule is Cc1ccc(C)c(C(=O)CCC(=O)Nc2ccc(C(N)=O)cc2)c1. The minimum absolute atomic E-state index is 0.0459. The summed E-state index contributed by atoms with van der Waals surface area (Å²) in [7, 11) is 0. The molecule has 5 heteroatoms. The van der Waals surface area contributed by atoms with E-state index in [2.05, 4.69) is 5.32 Å². The van der Waals surface area contributed by atoms with Gasteiger partial charge in [0.05, 0.1) is 0 Å². The van der Waals surface area contributed by atoms with Crippen molar-refractivity contribution in [2.45, 2.75) is 26.7 Å². The van der Waals surface area contributed by atoms with Crippen LogP contribution in [-0.2, 0) is 4.79 Å². The number of primary amides is 1. The summed E-state index contributed by atoms with van der Waals surface area (Å²) >= 11 is 0. The van der Waals surface area contributed by atoms with Crippen LogP contribution in [0, 0.1) is 13.8 Å². The minimum atomic E-state index is -0.521. The van der Waals surface area contributed by atoms with Crippen molar-refractivity contribution in [3.05, 3.63) is 64.7 Å². The third-order valence-corrected chi connectivity index (χ3v) is 3.73. The molecule has 3 N–H and O–H groups in total. The van der Waals surface area contributed by atoms with E-state index in [1.54, 1.807) is 24.3 Å². The second-order valence-electron chi connectivity index (χ2n) is 5.73. The van der Waals surface area contributed by atoms with E-state index in [0.717, 1.165) is 11.1 Å². The number of hydrogen-bond donors (Lipinski definition) is 2. The first-order chi connectivity index (χ1) is 11.4. The van der Waals surface area contributed by atoms with Crippen molar-refractivity contribution in [3.8, 4) is 0 Å². The summed E-state index contributed by atoms with van der Waals surface area (Å²) in [5.41, 5.74) is 8.68. The highest BCUT2D eigenvalue weighted by Crippen LogP contribution is 2.15. The second-order valence-corrected chi connectivity index (χ2v) is 5.73. The van der Waals surface area contributed by atoms with Gasteiger partial charge in [0.25, 0.3) is 0 Å². The highest BCUT2D eigenvalue weighted by atomic mass is 16.2. The molecular weight excluding hydrogens is 304 g/mol. The quantitative estimate of drug-likeness (QED) is 0.800. The molecule has 2 rings (SSSR count). The van der Waals surface area contributed by atoms with Gasteiger partial charge in [-0.1, -0.05) is 17.7 Å². The van der Waals surface area contributed by atoms with E-state index < -0.39 is 5.91 Å². The third-order valence-electron chi connectivity index (χ3n) is 3.73. The Balaban J connectivity index is 1.92. The average molecular weight is 324 g/mol. The number of anilines is 1. The van der Waals surface area contributed by atoms with Gasteiger partial charge >= 0.3 is 0 Å². The van der Waals surface area contributed by atoms with Crippen LogP contribution in [-0.4, -0.2) is 17.6 Å². The maximum atomic E-state index is 12.3. The molecule has 0 spiro atoms. The lowest BCUT2D eigenvalue weighted by molar-refractivity contribution is -0.116. The molecule has 0 aliphatic heterocycles. The van der Waals surface area contributed by atoms with Crippen molar-refractivity contribution in [1.29, 1.82) is 0 Å². The van der Waals surface area contributed by atoms with Gasteiger partial charge in [-0.3, -0.25) is 14.4 Å². The van der Waals surface area contributed by atoms with Crippen molar-refractivity contribution in [3.63, 3.8) is 0 Å².